The molecule has 6 heteroatoms. The molecule has 1 N–H and O–H groups in total. The number of rotatable bonds is 4. The first-order chi connectivity index (χ1) is 12.1. The highest BCUT2D eigenvalue weighted by Gasteiger charge is 2.67. The van der Waals surface area contributed by atoms with E-state index < -0.39 is 6.09 Å². The Kier molecular flexibility index (Phi) is 3.68. The quantitative estimate of drug-likeness (QED) is 0.913. The molecule has 0 spiro atoms. The van der Waals surface area contributed by atoms with Crippen LogP contribution in [0.15, 0.2) is 24.3 Å². The number of ether oxygens (including phenoxy) is 1. The number of anilines is 1. The van der Waals surface area contributed by atoms with Gasteiger partial charge in [-0.2, -0.15) is 5.26 Å². The Balaban J connectivity index is 1.47. The minimum atomic E-state index is -0.401. The second kappa shape index (κ2) is 5.76. The van der Waals surface area contributed by atoms with Gasteiger partial charge in [0.2, 0.25) is 5.91 Å². The molecule has 1 aromatic rings. The molecule has 2 saturated carbocycles. The zero-order valence-electron chi connectivity index (χ0n) is 14.2. The fourth-order valence-corrected chi connectivity index (χ4v) is 4.63. The molecule has 130 valence electrons. The van der Waals surface area contributed by atoms with Crippen LogP contribution in [0.3, 0.4) is 0 Å². The van der Waals surface area contributed by atoms with Gasteiger partial charge >= 0.3 is 6.09 Å². The number of carbonyl (C=O) groups excluding carboxylic acids is 2. The van der Waals surface area contributed by atoms with E-state index in [2.05, 4.69) is 11.4 Å². The third-order valence-corrected chi connectivity index (χ3v) is 5.87. The summed E-state index contributed by atoms with van der Waals surface area (Å²) in [6.07, 6.45) is 2.77. The van der Waals surface area contributed by atoms with Crippen LogP contribution in [0.1, 0.15) is 31.7 Å². The summed E-state index contributed by atoms with van der Waals surface area (Å²) in [6.45, 7) is 2.16. The van der Waals surface area contributed by atoms with Crippen molar-refractivity contribution in [3.63, 3.8) is 0 Å². The number of amides is 2. The molecule has 2 aliphatic carbocycles. The van der Waals surface area contributed by atoms with Crippen molar-refractivity contribution in [2.45, 2.75) is 37.7 Å². The molecule has 3 fully saturated rings. The summed E-state index contributed by atoms with van der Waals surface area (Å²) in [5, 5.41) is 12.4. The lowest BCUT2D eigenvalue weighted by atomic mass is 9.89. The number of cyclic esters (lactones) is 1. The summed E-state index contributed by atoms with van der Waals surface area (Å²) in [5.74, 6) is 0.861. The van der Waals surface area contributed by atoms with Crippen LogP contribution in [0.25, 0.3) is 0 Å². The summed E-state index contributed by atoms with van der Waals surface area (Å²) < 4.78 is 5.29. The number of nitriles is 1. The van der Waals surface area contributed by atoms with E-state index in [1.165, 1.54) is 13.3 Å². The fraction of sp³-hybridized carbons (Fsp3) is 0.526. The molecular weight excluding hydrogens is 318 g/mol. The van der Waals surface area contributed by atoms with Crippen LogP contribution in [0.4, 0.5) is 10.5 Å². The highest BCUT2D eigenvalue weighted by atomic mass is 16.6. The Morgan fingerprint density at radius 2 is 2.04 bits per heavy atom. The number of nitrogens with zero attached hydrogens (tertiary/aromatic N) is 2. The van der Waals surface area contributed by atoms with Crippen LogP contribution in [-0.4, -0.2) is 31.2 Å². The van der Waals surface area contributed by atoms with E-state index in [-0.39, 0.29) is 17.4 Å². The zero-order valence-corrected chi connectivity index (χ0v) is 14.2. The molecule has 3 atom stereocenters. The normalized spacial score (nSPS) is 32.7. The number of hydrogen-bond donors (Lipinski definition) is 1. The highest BCUT2D eigenvalue weighted by Crippen LogP contribution is 2.67. The number of fused-ring (bicyclic) bond motifs is 1. The molecule has 3 aliphatic rings. The van der Waals surface area contributed by atoms with Gasteiger partial charge in [0.1, 0.15) is 6.10 Å². The first kappa shape index (κ1) is 15.9. The van der Waals surface area contributed by atoms with E-state index in [0.29, 0.717) is 24.9 Å². The van der Waals surface area contributed by atoms with Crippen LogP contribution < -0.4 is 10.2 Å². The maximum absolute atomic E-state index is 12.1. The van der Waals surface area contributed by atoms with Gasteiger partial charge in [-0.05, 0) is 42.4 Å². The molecule has 25 heavy (non-hydrogen) atoms. The minimum Gasteiger partial charge on any atom is -0.442 e. The SMILES string of the molecule is CC(=O)NC[C@H]1CN(c2ccc(C3(C#N)C4CCCC43)cc2)C(=O)O1. The standard InChI is InChI=1S/C19H21N3O3/c1-12(23)21-9-15-10-22(18(24)25-15)14-7-5-13(6-8-14)19(11-20)16-3-2-4-17(16)19/h5-8,15-17H,2-4,9-10H2,1H3,(H,21,23)/t15-,16?,17?,19?/m0/s1. The average Bonchev–Trinajstić information content (AvgIpc) is 2.95. The van der Waals surface area contributed by atoms with Crippen molar-refractivity contribution in [1.29, 1.82) is 5.26 Å². The Morgan fingerprint density at radius 3 is 2.64 bits per heavy atom. The first-order valence-corrected chi connectivity index (χ1v) is 8.80. The summed E-state index contributed by atoms with van der Waals surface area (Å²) in [5.41, 5.74) is 1.52. The van der Waals surface area contributed by atoms with Gasteiger partial charge in [-0.25, -0.2) is 4.79 Å². The zero-order chi connectivity index (χ0) is 17.6. The fourth-order valence-electron chi connectivity index (χ4n) is 4.63. The summed E-state index contributed by atoms with van der Waals surface area (Å²) in [4.78, 5) is 24.6. The second-order valence-corrected chi connectivity index (χ2v) is 7.23. The van der Waals surface area contributed by atoms with Crippen molar-refractivity contribution >= 4 is 17.7 Å². The van der Waals surface area contributed by atoms with E-state index in [1.54, 1.807) is 4.90 Å². The van der Waals surface area contributed by atoms with E-state index in [0.717, 1.165) is 24.1 Å². The largest absolute Gasteiger partial charge is 0.442 e. The molecule has 1 heterocycles. The van der Waals surface area contributed by atoms with E-state index >= 15 is 0 Å². The van der Waals surface area contributed by atoms with Crippen LogP contribution in [0.5, 0.6) is 0 Å². The Bertz CT molecular complexity index is 742. The molecule has 2 unspecified atom stereocenters. The Labute approximate surface area is 146 Å². The van der Waals surface area contributed by atoms with Crippen molar-refractivity contribution in [2.24, 2.45) is 11.8 Å². The third-order valence-electron chi connectivity index (χ3n) is 5.87. The van der Waals surface area contributed by atoms with Crippen LogP contribution in [0.2, 0.25) is 0 Å². The van der Waals surface area contributed by atoms with Gasteiger partial charge in [-0.15, -0.1) is 0 Å². The Morgan fingerprint density at radius 1 is 1.36 bits per heavy atom. The van der Waals surface area contributed by atoms with Crippen molar-refractivity contribution in [2.75, 3.05) is 18.0 Å². The van der Waals surface area contributed by atoms with Gasteiger partial charge in [0, 0.05) is 12.6 Å². The molecule has 2 amide bonds. The van der Waals surface area contributed by atoms with Gasteiger partial charge in [-0.3, -0.25) is 9.69 Å². The minimum absolute atomic E-state index is 0.143. The van der Waals surface area contributed by atoms with Crippen molar-refractivity contribution in [1.82, 2.24) is 5.32 Å². The van der Waals surface area contributed by atoms with Crippen LogP contribution in [0, 0.1) is 23.2 Å². The van der Waals surface area contributed by atoms with Gasteiger partial charge < -0.3 is 10.1 Å². The average molecular weight is 339 g/mol. The van der Waals surface area contributed by atoms with Gasteiger partial charge in [0.15, 0.2) is 0 Å². The predicted octanol–water partition coefficient (Wildman–Crippen LogP) is 2.34. The lowest BCUT2D eigenvalue weighted by Gasteiger charge is -2.16. The predicted molar refractivity (Wildman–Crippen MR) is 90.9 cm³/mol. The summed E-state index contributed by atoms with van der Waals surface area (Å²) >= 11 is 0. The smallest absolute Gasteiger partial charge is 0.414 e. The van der Waals surface area contributed by atoms with Gasteiger partial charge in [-0.1, -0.05) is 18.6 Å². The van der Waals surface area contributed by atoms with Gasteiger partial charge in [0.05, 0.1) is 24.6 Å². The van der Waals surface area contributed by atoms with Crippen LogP contribution in [-0.2, 0) is 14.9 Å². The number of hydrogen-bond acceptors (Lipinski definition) is 4. The van der Waals surface area contributed by atoms with Crippen molar-refractivity contribution < 1.29 is 14.3 Å². The maximum atomic E-state index is 12.1. The third kappa shape index (κ3) is 2.46. The molecule has 0 aromatic heterocycles. The van der Waals surface area contributed by atoms with Crippen molar-refractivity contribution in [3.05, 3.63) is 29.8 Å². The Hall–Kier alpha value is -2.55. The van der Waals surface area contributed by atoms with E-state index in [1.807, 2.05) is 24.3 Å². The van der Waals surface area contributed by atoms with Crippen LogP contribution >= 0.6 is 0 Å². The number of benzene rings is 1. The summed E-state index contributed by atoms with van der Waals surface area (Å²) in [7, 11) is 0. The molecule has 1 saturated heterocycles. The molecular formula is C19H21N3O3. The monoisotopic (exact) mass is 339 g/mol. The molecule has 6 nitrogen and oxygen atoms in total. The molecule has 4 rings (SSSR count). The molecule has 1 aromatic carbocycles. The molecule has 0 bridgehead atoms. The molecule has 0 radical (unpaired) electrons. The van der Waals surface area contributed by atoms with E-state index in [4.69, 9.17) is 4.74 Å². The lowest BCUT2D eigenvalue weighted by Crippen LogP contribution is -2.33. The number of carbonyl (C=O) groups is 2. The maximum Gasteiger partial charge on any atom is 0.414 e. The number of nitrogens with one attached hydrogen (secondary N) is 1. The second-order valence-electron chi connectivity index (χ2n) is 7.23. The van der Waals surface area contributed by atoms with Gasteiger partial charge in [0.25, 0.3) is 0 Å². The highest BCUT2D eigenvalue weighted by molar-refractivity contribution is 5.89. The van der Waals surface area contributed by atoms with E-state index in [9.17, 15) is 14.9 Å². The lowest BCUT2D eigenvalue weighted by molar-refractivity contribution is -0.119. The van der Waals surface area contributed by atoms with Crippen molar-refractivity contribution in [3.8, 4) is 6.07 Å². The first-order valence-electron chi connectivity index (χ1n) is 8.80. The summed E-state index contributed by atoms with van der Waals surface area (Å²) in [6, 6.07) is 10.3. The topological polar surface area (TPSA) is 82.4 Å². The molecule has 1 aliphatic heterocycles.